The van der Waals surface area contributed by atoms with Crippen LogP contribution in [0.2, 0.25) is 0 Å². The number of piperazine rings is 1. The minimum Gasteiger partial charge on any atom is -0.505 e. The standard InChI is InChI=1S/C32H35FN6O3/c1-3-28(41)37-13-15-38(16-14-37)30-24-10-12-39(31-23-9-5-4-7-21(23)17-27(40)29(31)33)19-26(24)35-32(25(30)18-34)42-20-22-8-6-11-36(22)2/h3-5,7,9,17,22,40H,1,6,8,10-16,19-20H2,2H3. The van der Waals surface area contributed by atoms with Crippen molar-refractivity contribution in [3.8, 4) is 17.7 Å². The van der Waals surface area contributed by atoms with E-state index in [0.717, 1.165) is 41.7 Å². The van der Waals surface area contributed by atoms with Crippen LogP contribution in [0.5, 0.6) is 11.6 Å². The van der Waals surface area contributed by atoms with Crippen molar-refractivity contribution in [2.24, 2.45) is 0 Å². The van der Waals surface area contributed by atoms with Crippen molar-refractivity contribution in [1.82, 2.24) is 14.8 Å². The average molecular weight is 571 g/mol. The monoisotopic (exact) mass is 570 g/mol. The highest BCUT2D eigenvalue weighted by Crippen LogP contribution is 2.41. The van der Waals surface area contributed by atoms with Crippen LogP contribution >= 0.6 is 0 Å². The Morgan fingerprint density at radius 2 is 1.98 bits per heavy atom. The molecule has 3 aliphatic rings. The van der Waals surface area contributed by atoms with E-state index in [2.05, 4.69) is 29.5 Å². The minimum absolute atomic E-state index is 0.104. The molecule has 2 aromatic carbocycles. The molecule has 2 saturated heterocycles. The van der Waals surface area contributed by atoms with Crippen molar-refractivity contribution >= 4 is 28.1 Å². The molecule has 1 unspecified atom stereocenters. The Bertz CT molecular complexity index is 1580. The van der Waals surface area contributed by atoms with Crippen molar-refractivity contribution < 1.29 is 19.0 Å². The van der Waals surface area contributed by atoms with Gasteiger partial charge in [0.15, 0.2) is 11.6 Å². The van der Waals surface area contributed by atoms with Crippen LogP contribution in [0.1, 0.15) is 29.7 Å². The van der Waals surface area contributed by atoms with E-state index < -0.39 is 5.82 Å². The predicted octanol–water partition coefficient (Wildman–Crippen LogP) is 3.82. The fourth-order valence-corrected chi connectivity index (χ4v) is 6.52. The maximum absolute atomic E-state index is 15.5. The third kappa shape index (κ3) is 4.98. The first-order valence-electron chi connectivity index (χ1n) is 14.5. The number of amides is 1. The Morgan fingerprint density at radius 1 is 1.19 bits per heavy atom. The zero-order valence-electron chi connectivity index (χ0n) is 23.9. The molecule has 0 bridgehead atoms. The van der Waals surface area contributed by atoms with E-state index in [-0.39, 0.29) is 17.7 Å². The predicted molar refractivity (Wildman–Crippen MR) is 159 cm³/mol. The molecule has 9 nitrogen and oxygen atoms in total. The number of phenols is 1. The molecule has 0 radical (unpaired) electrons. The molecule has 2 fully saturated rings. The van der Waals surface area contributed by atoms with Crippen molar-refractivity contribution in [3.63, 3.8) is 0 Å². The Kier molecular flexibility index (Phi) is 7.60. The van der Waals surface area contributed by atoms with Gasteiger partial charge in [-0.3, -0.25) is 4.79 Å². The van der Waals surface area contributed by atoms with Crippen molar-refractivity contribution in [2.45, 2.75) is 31.8 Å². The lowest BCUT2D eigenvalue weighted by atomic mass is 9.97. The number of aromatic hydroxyl groups is 1. The number of fused-ring (bicyclic) bond motifs is 2. The lowest BCUT2D eigenvalue weighted by molar-refractivity contribution is -0.126. The number of rotatable bonds is 6. The minimum atomic E-state index is -0.658. The average Bonchev–Trinajstić information content (AvgIpc) is 3.43. The second kappa shape index (κ2) is 11.5. The molecule has 4 heterocycles. The molecule has 1 N–H and O–H groups in total. The number of phenolic OH excluding ortho intramolecular Hbond substituents is 1. The third-order valence-electron chi connectivity index (χ3n) is 8.83. The van der Waals surface area contributed by atoms with Crippen molar-refractivity contribution in [3.05, 3.63) is 65.6 Å². The van der Waals surface area contributed by atoms with Crippen molar-refractivity contribution in [1.29, 1.82) is 5.26 Å². The summed E-state index contributed by atoms with van der Waals surface area (Å²) in [5.74, 6) is -0.860. The lowest BCUT2D eigenvalue weighted by Crippen LogP contribution is -2.49. The summed E-state index contributed by atoms with van der Waals surface area (Å²) in [5, 5.41) is 22.3. The summed E-state index contributed by atoms with van der Waals surface area (Å²) < 4.78 is 21.8. The summed E-state index contributed by atoms with van der Waals surface area (Å²) in [7, 11) is 2.08. The highest BCUT2D eigenvalue weighted by Gasteiger charge is 2.33. The van der Waals surface area contributed by atoms with E-state index in [9.17, 15) is 15.2 Å². The lowest BCUT2D eigenvalue weighted by Gasteiger charge is -2.39. The van der Waals surface area contributed by atoms with Gasteiger partial charge in [-0.05, 0) is 50.4 Å². The normalized spacial score (nSPS) is 19.1. The molecule has 0 spiro atoms. The summed E-state index contributed by atoms with van der Waals surface area (Å²) >= 11 is 0. The van der Waals surface area contributed by atoms with E-state index >= 15 is 4.39 Å². The number of halogens is 1. The van der Waals surface area contributed by atoms with Crippen LogP contribution in [-0.4, -0.2) is 84.8 Å². The van der Waals surface area contributed by atoms with Gasteiger partial charge in [-0.2, -0.15) is 5.26 Å². The van der Waals surface area contributed by atoms with Crippen LogP contribution in [0.3, 0.4) is 0 Å². The number of ether oxygens (including phenoxy) is 1. The van der Waals surface area contributed by atoms with E-state index in [0.29, 0.717) is 74.8 Å². The van der Waals surface area contributed by atoms with Gasteiger partial charge >= 0.3 is 0 Å². The van der Waals surface area contributed by atoms with Gasteiger partial charge in [-0.1, -0.05) is 30.8 Å². The van der Waals surface area contributed by atoms with E-state index in [1.165, 1.54) is 12.1 Å². The number of anilines is 2. The number of aromatic nitrogens is 1. The second-order valence-electron chi connectivity index (χ2n) is 11.2. The molecule has 0 aliphatic carbocycles. The van der Waals surface area contributed by atoms with Gasteiger partial charge in [-0.25, -0.2) is 9.37 Å². The number of carbonyl (C=O) groups excluding carboxylic acids is 1. The quantitative estimate of drug-likeness (QED) is 0.447. The number of nitrogens with zero attached hydrogens (tertiary/aromatic N) is 6. The number of likely N-dealkylation sites (N-methyl/N-ethyl adjacent to an activating group) is 1. The van der Waals surface area contributed by atoms with Gasteiger partial charge in [0, 0.05) is 49.7 Å². The Labute approximate surface area is 245 Å². The SMILES string of the molecule is C=CC(=O)N1CCN(c2c(C#N)c(OCC3CCCN3C)nc3c2CCN(c2c(F)c(O)cc4ccccc24)C3)CC1. The number of nitriles is 1. The zero-order valence-corrected chi connectivity index (χ0v) is 23.9. The molecule has 1 amide bonds. The van der Waals surface area contributed by atoms with Gasteiger partial charge in [0.1, 0.15) is 18.2 Å². The first kappa shape index (κ1) is 27.8. The molecular weight excluding hydrogens is 535 g/mol. The van der Waals surface area contributed by atoms with E-state index in [1.807, 2.05) is 29.2 Å². The first-order chi connectivity index (χ1) is 20.4. The first-order valence-corrected chi connectivity index (χ1v) is 14.5. The van der Waals surface area contributed by atoms with Gasteiger partial charge in [0.25, 0.3) is 0 Å². The molecule has 1 aromatic heterocycles. The Hall–Kier alpha value is -4.36. The summed E-state index contributed by atoms with van der Waals surface area (Å²) in [5.41, 5.74) is 3.21. The van der Waals surface area contributed by atoms with Crippen LogP contribution in [0.25, 0.3) is 10.8 Å². The third-order valence-corrected chi connectivity index (χ3v) is 8.83. The number of carbonyl (C=O) groups is 1. The summed E-state index contributed by atoms with van der Waals surface area (Å²) in [6.07, 6.45) is 3.99. The summed E-state index contributed by atoms with van der Waals surface area (Å²) in [6.45, 7) is 7.98. The van der Waals surface area contributed by atoms with E-state index in [1.54, 1.807) is 4.90 Å². The maximum atomic E-state index is 15.5. The molecule has 10 heteroatoms. The van der Waals surface area contributed by atoms with Crippen LogP contribution in [0, 0.1) is 17.1 Å². The van der Waals surface area contributed by atoms with Gasteiger partial charge in [-0.15, -0.1) is 0 Å². The highest BCUT2D eigenvalue weighted by molar-refractivity contribution is 5.96. The Balaban J connectivity index is 1.39. The van der Waals surface area contributed by atoms with E-state index in [4.69, 9.17) is 9.72 Å². The summed E-state index contributed by atoms with van der Waals surface area (Å²) in [6, 6.07) is 11.5. The van der Waals surface area contributed by atoms with Crippen LogP contribution in [0.4, 0.5) is 15.8 Å². The number of likely N-dealkylation sites (tertiary alicyclic amines) is 1. The van der Waals surface area contributed by atoms with Gasteiger partial charge < -0.3 is 29.4 Å². The Morgan fingerprint density at radius 3 is 2.69 bits per heavy atom. The van der Waals surface area contributed by atoms with Gasteiger partial charge in [0.2, 0.25) is 11.8 Å². The topological polar surface area (TPSA) is 96.2 Å². The number of pyridine rings is 1. The zero-order chi connectivity index (χ0) is 29.4. The molecule has 3 aromatic rings. The summed E-state index contributed by atoms with van der Waals surface area (Å²) in [4.78, 5) is 25.2. The second-order valence-corrected chi connectivity index (χ2v) is 11.2. The maximum Gasteiger partial charge on any atom is 0.246 e. The fraction of sp³-hybridized carbons (Fsp3) is 0.406. The van der Waals surface area contributed by atoms with Crippen LogP contribution in [-0.2, 0) is 17.8 Å². The molecular formula is C32H35FN6O3. The largest absolute Gasteiger partial charge is 0.505 e. The van der Waals surface area contributed by atoms with Crippen LogP contribution in [0.15, 0.2) is 43.0 Å². The molecule has 6 rings (SSSR count). The van der Waals surface area contributed by atoms with Crippen molar-refractivity contribution in [2.75, 3.05) is 62.7 Å². The highest BCUT2D eigenvalue weighted by atomic mass is 19.1. The molecule has 42 heavy (non-hydrogen) atoms. The van der Waals surface area contributed by atoms with Gasteiger partial charge in [0.05, 0.1) is 23.6 Å². The number of hydrogen-bond donors (Lipinski definition) is 1. The molecule has 3 aliphatic heterocycles. The molecule has 0 saturated carbocycles. The fourth-order valence-electron chi connectivity index (χ4n) is 6.52. The molecule has 218 valence electrons. The number of benzene rings is 2. The number of hydrogen-bond acceptors (Lipinski definition) is 8. The smallest absolute Gasteiger partial charge is 0.246 e. The molecule has 1 atom stereocenters. The van der Waals surface area contributed by atoms with Crippen LogP contribution < -0.4 is 14.5 Å².